The summed E-state index contributed by atoms with van der Waals surface area (Å²) in [4.78, 5) is 0. The lowest BCUT2D eigenvalue weighted by molar-refractivity contribution is -0.0974. The molecule has 1 aliphatic heterocycles. The molecule has 0 aromatic heterocycles. The Balaban J connectivity index is 2.48. The van der Waals surface area contributed by atoms with E-state index in [9.17, 15) is 8.78 Å². The molecule has 0 spiro atoms. The average molecular weight is 247 g/mol. The molecule has 0 aromatic rings. The standard InChI is InChI=1S/C10H15F2N3O2/c1-3-9(17-10(11)12)15-14-7(2)8-6-16-5-4-13-8/h3,8,10,13H,2,4-6H2,1H3/b9-3+,15-14-/t8-/m0/s1. The van der Waals surface area contributed by atoms with Crippen molar-refractivity contribution < 1.29 is 18.3 Å². The van der Waals surface area contributed by atoms with Crippen molar-refractivity contribution in [3.63, 3.8) is 0 Å². The molecule has 1 heterocycles. The predicted octanol–water partition coefficient (Wildman–Crippen LogP) is 2.04. The SMILES string of the molecule is C=C(/N=N\C(=C/C)OC(F)F)[C@@H]1COCCN1. The van der Waals surface area contributed by atoms with Gasteiger partial charge in [0.25, 0.3) is 0 Å². The van der Waals surface area contributed by atoms with Crippen molar-refractivity contribution in [1.29, 1.82) is 0 Å². The topological polar surface area (TPSA) is 55.2 Å². The highest BCUT2D eigenvalue weighted by atomic mass is 19.3. The van der Waals surface area contributed by atoms with Crippen molar-refractivity contribution in [3.8, 4) is 0 Å². The minimum absolute atomic E-state index is 0.142. The van der Waals surface area contributed by atoms with Gasteiger partial charge in [0.15, 0.2) is 0 Å². The van der Waals surface area contributed by atoms with Crippen molar-refractivity contribution >= 4 is 0 Å². The van der Waals surface area contributed by atoms with Crippen LogP contribution in [0.3, 0.4) is 0 Å². The van der Waals surface area contributed by atoms with Crippen LogP contribution >= 0.6 is 0 Å². The van der Waals surface area contributed by atoms with Gasteiger partial charge in [0.2, 0.25) is 5.88 Å². The third-order valence-corrected chi connectivity index (χ3v) is 2.06. The van der Waals surface area contributed by atoms with E-state index in [0.29, 0.717) is 25.5 Å². The molecule has 1 fully saturated rings. The van der Waals surface area contributed by atoms with Crippen LogP contribution in [0.2, 0.25) is 0 Å². The molecule has 1 N–H and O–H groups in total. The molecule has 7 heteroatoms. The van der Waals surface area contributed by atoms with Gasteiger partial charge in [-0.25, -0.2) is 0 Å². The van der Waals surface area contributed by atoms with Gasteiger partial charge in [-0.3, -0.25) is 0 Å². The van der Waals surface area contributed by atoms with Crippen LogP contribution in [0.5, 0.6) is 0 Å². The molecule has 5 nitrogen and oxygen atoms in total. The number of morpholine rings is 1. The molecule has 1 rings (SSSR count). The predicted molar refractivity (Wildman–Crippen MR) is 57.5 cm³/mol. The van der Waals surface area contributed by atoms with E-state index in [1.54, 1.807) is 0 Å². The van der Waals surface area contributed by atoms with Gasteiger partial charge in [-0.05, 0) is 13.0 Å². The van der Waals surface area contributed by atoms with E-state index in [1.807, 2.05) is 0 Å². The quantitative estimate of drug-likeness (QED) is 0.597. The largest absolute Gasteiger partial charge is 0.416 e. The number of allylic oxidation sites excluding steroid dienone is 1. The van der Waals surface area contributed by atoms with Gasteiger partial charge in [0.1, 0.15) is 0 Å². The highest BCUT2D eigenvalue weighted by Crippen LogP contribution is 2.11. The fraction of sp³-hybridized carbons (Fsp3) is 0.600. The summed E-state index contributed by atoms with van der Waals surface area (Å²) in [5.41, 5.74) is 0.418. The normalized spacial score (nSPS) is 22.1. The minimum Gasteiger partial charge on any atom is -0.416 e. The van der Waals surface area contributed by atoms with Gasteiger partial charge >= 0.3 is 6.61 Å². The van der Waals surface area contributed by atoms with Gasteiger partial charge in [0, 0.05) is 6.54 Å². The van der Waals surface area contributed by atoms with Gasteiger partial charge in [-0.2, -0.15) is 13.9 Å². The van der Waals surface area contributed by atoms with Crippen LogP contribution in [0.1, 0.15) is 6.92 Å². The van der Waals surface area contributed by atoms with E-state index in [2.05, 4.69) is 26.9 Å². The number of nitrogens with one attached hydrogen (secondary N) is 1. The molecular formula is C10H15F2N3O2. The summed E-state index contributed by atoms with van der Waals surface area (Å²) in [5.74, 6) is -0.238. The third kappa shape index (κ3) is 5.01. The maximum atomic E-state index is 11.9. The summed E-state index contributed by atoms with van der Waals surface area (Å²) in [6, 6.07) is -0.142. The van der Waals surface area contributed by atoms with Gasteiger partial charge in [0.05, 0.1) is 25.0 Å². The number of halogens is 2. The molecule has 1 aliphatic rings. The molecule has 0 aliphatic carbocycles. The maximum Gasteiger partial charge on any atom is 0.388 e. The van der Waals surface area contributed by atoms with Crippen LogP contribution in [-0.2, 0) is 9.47 Å². The molecule has 1 saturated heterocycles. The van der Waals surface area contributed by atoms with E-state index in [1.165, 1.54) is 13.0 Å². The Hall–Kier alpha value is -1.34. The zero-order valence-electron chi connectivity index (χ0n) is 9.53. The second-order valence-corrected chi connectivity index (χ2v) is 3.28. The van der Waals surface area contributed by atoms with Crippen LogP contribution in [0.4, 0.5) is 8.78 Å². The zero-order valence-corrected chi connectivity index (χ0v) is 9.53. The number of rotatable bonds is 5. The number of ether oxygens (including phenoxy) is 2. The fourth-order valence-corrected chi connectivity index (χ4v) is 1.20. The van der Waals surface area contributed by atoms with Gasteiger partial charge < -0.3 is 14.8 Å². The zero-order chi connectivity index (χ0) is 12.7. The monoisotopic (exact) mass is 247 g/mol. The average Bonchev–Trinajstić information content (AvgIpc) is 2.34. The highest BCUT2D eigenvalue weighted by Gasteiger charge is 2.16. The van der Waals surface area contributed by atoms with Crippen LogP contribution in [0.25, 0.3) is 0 Å². The molecule has 0 unspecified atom stereocenters. The highest BCUT2D eigenvalue weighted by molar-refractivity contribution is 5.04. The Morgan fingerprint density at radius 2 is 2.35 bits per heavy atom. The van der Waals surface area contributed by atoms with E-state index >= 15 is 0 Å². The molecular weight excluding hydrogens is 232 g/mol. The lowest BCUT2D eigenvalue weighted by Gasteiger charge is -2.22. The van der Waals surface area contributed by atoms with Crippen molar-refractivity contribution in [3.05, 3.63) is 24.2 Å². The summed E-state index contributed by atoms with van der Waals surface area (Å²) in [5, 5.41) is 10.4. The number of hydrogen-bond donors (Lipinski definition) is 1. The number of alkyl halides is 2. The molecule has 96 valence electrons. The van der Waals surface area contributed by atoms with E-state index in [0.717, 1.165) is 0 Å². The van der Waals surface area contributed by atoms with Crippen molar-refractivity contribution in [2.24, 2.45) is 10.2 Å². The first-order chi connectivity index (χ1) is 8.13. The van der Waals surface area contributed by atoms with Crippen LogP contribution in [0, 0.1) is 0 Å². The Labute approximate surface area is 98.2 Å². The van der Waals surface area contributed by atoms with Crippen molar-refractivity contribution in [1.82, 2.24) is 5.32 Å². The smallest absolute Gasteiger partial charge is 0.388 e. The summed E-state index contributed by atoms with van der Waals surface area (Å²) in [7, 11) is 0. The molecule has 0 bridgehead atoms. The van der Waals surface area contributed by atoms with Gasteiger partial charge in [-0.15, -0.1) is 5.11 Å². The lowest BCUT2D eigenvalue weighted by Crippen LogP contribution is -2.41. The van der Waals surface area contributed by atoms with Gasteiger partial charge in [-0.1, -0.05) is 6.58 Å². The van der Waals surface area contributed by atoms with E-state index in [-0.39, 0.29) is 11.9 Å². The fourth-order valence-electron chi connectivity index (χ4n) is 1.20. The Kier molecular flexibility index (Phi) is 5.71. The Bertz CT molecular complexity index is 313. The molecule has 0 radical (unpaired) electrons. The molecule has 0 amide bonds. The van der Waals surface area contributed by atoms with Crippen LogP contribution < -0.4 is 5.32 Å². The summed E-state index contributed by atoms with van der Waals surface area (Å²) < 4.78 is 33.2. The number of nitrogens with zero attached hydrogens (tertiary/aromatic N) is 2. The molecule has 1 atom stereocenters. The summed E-state index contributed by atoms with van der Waals surface area (Å²) in [6.45, 7) is 4.08. The van der Waals surface area contributed by atoms with Crippen LogP contribution in [-0.4, -0.2) is 32.4 Å². The lowest BCUT2D eigenvalue weighted by atomic mass is 10.2. The number of hydrogen-bond acceptors (Lipinski definition) is 5. The molecule has 17 heavy (non-hydrogen) atoms. The number of azo groups is 1. The molecule has 0 aromatic carbocycles. The summed E-state index contributed by atoms with van der Waals surface area (Å²) in [6.07, 6.45) is 1.30. The maximum absolute atomic E-state index is 11.9. The summed E-state index contributed by atoms with van der Waals surface area (Å²) >= 11 is 0. The first-order valence-corrected chi connectivity index (χ1v) is 5.16. The first kappa shape index (κ1) is 13.7. The van der Waals surface area contributed by atoms with Crippen molar-refractivity contribution in [2.45, 2.75) is 19.6 Å². The Morgan fingerprint density at radius 3 is 2.88 bits per heavy atom. The van der Waals surface area contributed by atoms with Crippen molar-refractivity contribution in [2.75, 3.05) is 19.8 Å². The minimum atomic E-state index is -2.91. The third-order valence-electron chi connectivity index (χ3n) is 2.06. The molecule has 0 saturated carbocycles. The first-order valence-electron chi connectivity index (χ1n) is 5.16. The second-order valence-electron chi connectivity index (χ2n) is 3.28. The van der Waals surface area contributed by atoms with E-state index in [4.69, 9.17) is 4.74 Å². The Morgan fingerprint density at radius 1 is 1.59 bits per heavy atom. The second kappa shape index (κ2) is 7.08. The van der Waals surface area contributed by atoms with Crippen LogP contribution in [0.15, 0.2) is 34.5 Å². The van der Waals surface area contributed by atoms with E-state index < -0.39 is 6.61 Å².